The lowest BCUT2D eigenvalue weighted by Crippen LogP contribution is -2.20. The standard InChI is InChI=1S/C11H13N3O2/c1-13-5-6-16-11(15)14-10-4-2-3-9(7-10)8-12/h2-4,7,13H,5-6H2,1H3,(H,14,15). The molecule has 0 aliphatic carbocycles. The number of rotatable bonds is 4. The summed E-state index contributed by atoms with van der Waals surface area (Å²) in [6, 6.07) is 8.63. The van der Waals surface area contributed by atoms with Crippen LogP contribution in [0.3, 0.4) is 0 Å². The molecule has 0 aromatic heterocycles. The highest BCUT2D eigenvalue weighted by Gasteiger charge is 2.02. The normalized spacial score (nSPS) is 9.25. The zero-order chi connectivity index (χ0) is 11.8. The number of anilines is 1. The average Bonchev–Trinajstić information content (AvgIpc) is 2.29. The Kier molecular flexibility index (Phi) is 4.83. The molecular formula is C11H13N3O2. The number of amides is 1. The van der Waals surface area contributed by atoms with Crippen molar-refractivity contribution in [3.05, 3.63) is 29.8 Å². The summed E-state index contributed by atoms with van der Waals surface area (Å²) in [6.45, 7) is 0.909. The number of likely N-dealkylation sites (N-methyl/N-ethyl adjacent to an activating group) is 1. The third kappa shape index (κ3) is 3.98. The van der Waals surface area contributed by atoms with Gasteiger partial charge in [-0.2, -0.15) is 5.26 Å². The Hall–Kier alpha value is -2.06. The van der Waals surface area contributed by atoms with Gasteiger partial charge in [0.05, 0.1) is 11.6 Å². The van der Waals surface area contributed by atoms with Gasteiger partial charge in [-0.1, -0.05) is 6.07 Å². The summed E-state index contributed by atoms with van der Waals surface area (Å²) in [5.41, 5.74) is 1.04. The first-order valence-electron chi connectivity index (χ1n) is 4.85. The molecule has 1 amide bonds. The van der Waals surface area contributed by atoms with Crippen molar-refractivity contribution in [3.63, 3.8) is 0 Å². The Labute approximate surface area is 94.0 Å². The molecule has 0 aliphatic rings. The minimum Gasteiger partial charge on any atom is -0.448 e. The fourth-order valence-corrected chi connectivity index (χ4v) is 1.07. The molecule has 0 saturated heterocycles. The lowest BCUT2D eigenvalue weighted by atomic mass is 10.2. The molecule has 0 atom stereocenters. The first-order valence-corrected chi connectivity index (χ1v) is 4.85. The summed E-state index contributed by atoms with van der Waals surface area (Å²) >= 11 is 0. The van der Waals surface area contributed by atoms with Crippen LogP contribution in [-0.2, 0) is 4.74 Å². The lowest BCUT2D eigenvalue weighted by Gasteiger charge is -2.06. The van der Waals surface area contributed by atoms with Gasteiger partial charge in [-0.3, -0.25) is 5.32 Å². The van der Waals surface area contributed by atoms with Crippen molar-refractivity contribution < 1.29 is 9.53 Å². The van der Waals surface area contributed by atoms with Gasteiger partial charge >= 0.3 is 6.09 Å². The van der Waals surface area contributed by atoms with Crippen molar-refractivity contribution >= 4 is 11.8 Å². The molecule has 1 aromatic carbocycles. The van der Waals surface area contributed by atoms with Gasteiger partial charge < -0.3 is 10.1 Å². The molecule has 0 unspecified atom stereocenters. The predicted octanol–water partition coefficient (Wildman–Crippen LogP) is 1.33. The van der Waals surface area contributed by atoms with Crippen LogP contribution in [0.15, 0.2) is 24.3 Å². The van der Waals surface area contributed by atoms with Crippen LogP contribution < -0.4 is 10.6 Å². The van der Waals surface area contributed by atoms with E-state index in [0.29, 0.717) is 24.4 Å². The number of carbonyl (C=O) groups excluding carboxylic acids is 1. The van der Waals surface area contributed by atoms with Crippen LogP contribution in [0.4, 0.5) is 10.5 Å². The number of nitriles is 1. The molecule has 2 N–H and O–H groups in total. The van der Waals surface area contributed by atoms with E-state index < -0.39 is 6.09 Å². The zero-order valence-electron chi connectivity index (χ0n) is 8.99. The average molecular weight is 219 g/mol. The summed E-state index contributed by atoms with van der Waals surface area (Å²) < 4.78 is 4.86. The van der Waals surface area contributed by atoms with Crippen molar-refractivity contribution in [1.29, 1.82) is 5.26 Å². The zero-order valence-corrected chi connectivity index (χ0v) is 8.99. The number of ether oxygens (including phenoxy) is 1. The highest BCUT2D eigenvalue weighted by Crippen LogP contribution is 2.09. The third-order valence-electron chi connectivity index (χ3n) is 1.82. The van der Waals surface area contributed by atoms with Crippen molar-refractivity contribution in [2.24, 2.45) is 0 Å². The van der Waals surface area contributed by atoms with E-state index in [1.165, 1.54) is 0 Å². The Balaban J connectivity index is 2.47. The van der Waals surface area contributed by atoms with E-state index in [4.69, 9.17) is 10.00 Å². The first-order chi connectivity index (χ1) is 7.76. The van der Waals surface area contributed by atoms with Crippen molar-refractivity contribution in [1.82, 2.24) is 5.32 Å². The van der Waals surface area contributed by atoms with Crippen LogP contribution in [0.5, 0.6) is 0 Å². The molecule has 0 fully saturated rings. The number of hydrogen-bond donors (Lipinski definition) is 2. The van der Waals surface area contributed by atoms with E-state index in [0.717, 1.165) is 0 Å². The van der Waals surface area contributed by atoms with Gasteiger partial charge in [-0.05, 0) is 25.2 Å². The minimum absolute atomic E-state index is 0.306. The van der Waals surface area contributed by atoms with Gasteiger partial charge in [-0.15, -0.1) is 0 Å². The monoisotopic (exact) mass is 219 g/mol. The van der Waals surface area contributed by atoms with Crippen LogP contribution in [0, 0.1) is 11.3 Å². The summed E-state index contributed by atoms with van der Waals surface area (Å²) in [7, 11) is 1.78. The highest BCUT2D eigenvalue weighted by molar-refractivity contribution is 5.84. The summed E-state index contributed by atoms with van der Waals surface area (Å²) in [5, 5.41) is 14.1. The SMILES string of the molecule is CNCCOC(=O)Nc1cccc(C#N)c1. The fraction of sp³-hybridized carbons (Fsp3) is 0.273. The molecule has 5 heteroatoms. The van der Waals surface area contributed by atoms with Crippen LogP contribution >= 0.6 is 0 Å². The van der Waals surface area contributed by atoms with Crippen LogP contribution in [0.2, 0.25) is 0 Å². The Bertz CT molecular complexity index is 398. The van der Waals surface area contributed by atoms with Gasteiger partial charge in [-0.25, -0.2) is 4.79 Å². The smallest absolute Gasteiger partial charge is 0.411 e. The molecule has 0 bridgehead atoms. The second-order valence-electron chi connectivity index (χ2n) is 3.06. The molecular weight excluding hydrogens is 206 g/mol. The van der Waals surface area contributed by atoms with Gasteiger partial charge in [0.15, 0.2) is 0 Å². The molecule has 5 nitrogen and oxygen atoms in total. The van der Waals surface area contributed by atoms with E-state index >= 15 is 0 Å². The van der Waals surface area contributed by atoms with Gasteiger partial charge in [0, 0.05) is 12.2 Å². The van der Waals surface area contributed by atoms with E-state index in [1.807, 2.05) is 6.07 Å². The molecule has 0 heterocycles. The number of hydrogen-bond acceptors (Lipinski definition) is 4. The van der Waals surface area contributed by atoms with E-state index in [1.54, 1.807) is 31.3 Å². The molecule has 1 rings (SSSR count). The summed E-state index contributed by atoms with van der Waals surface area (Å²) in [6.07, 6.45) is -0.523. The Morgan fingerprint density at radius 2 is 2.38 bits per heavy atom. The second-order valence-corrected chi connectivity index (χ2v) is 3.06. The summed E-state index contributed by atoms with van der Waals surface area (Å²) in [4.78, 5) is 11.2. The van der Waals surface area contributed by atoms with E-state index in [9.17, 15) is 4.79 Å². The van der Waals surface area contributed by atoms with Crippen molar-refractivity contribution in [3.8, 4) is 6.07 Å². The largest absolute Gasteiger partial charge is 0.448 e. The summed E-state index contributed by atoms with van der Waals surface area (Å²) in [5.74, 6) is 0. The minimum atomic E-state index is -0.523. The van der Waals surface area contributed by atoms with Crippen LogP contribution in [0.1, 0.15) is 5.56 Å². The van der Waals surface area contributed by atoms with Crippen molar-refractivity contribution in [2.45, 2.75) is 0 Å². The first kappa shape index (κ1) is 12.0. The van der Waals surface area contributed by atoms with Crippen LogP contribution in [-0.4, -0.2) is 26.3 Å². The third-order valence-corrected chi connectivity index (χ3v) is 1.82. The number of carbonyl (C=O) groups is 1. The van der Waals surface area contributed by atoms with Gasteiger partial charge in [0.1, 0.15) is 6.61 Å². The van der Waals surface area contributed by atoms with Gasteiger partial charge in [0.25, 0.3) is 0 Å². The molecule has 0 spiro atoms. The molecule has 16 heavy (non-hydrogen) atoms. The molecule has 0 radical (unpaired) electrons. The van der Waals surface area contributed by atoms with E-state index in [-0.39, 0.29) is 0 Å². The molecule has 0 saturated carbocycles. The molecule has 84 valence electrons. The van der Waals surface area contributed by atoms with Crippen molar-refractivity contribution in [2.75, 3.05) is 25.5 Å². The quantitative estimate of drug-likeness (QED) is 0.749. The Morgan fingerprint density at radius 1 is 1.56 bits per heavy atom. The fourth-order valence-electron chi connectivity index (χ4n) is 1.07. The number of benzene rings is 1. The van der Waals surface area contributed by atoms with E-state index in [2.05, 4.69) is 10.6 Å². The maximum Gasteiger partial charge on any atom is 0.411 e. The second kappa shape index (κ2) is 6.43. The maximum atomic E-state index is 11.2. The highest BCUT2D eigenvalue weighted by atomic mass is 16.5. The van der Waals surface area contributed by atoms with Crippen LogP contribution in [0.25, 0.3) is 0 Å². The molecule has 1 aromatic rings. The topological polar surface area (TPSA) is 74.2 Å². The lowest BCUT2D eigenvalue weighted by molar-refractivity contribution is 0.163. The number of nitrogens with one attached hydrogen (secondary N) is 2. The number of nitrogens with zero attached hydrogens (tertiary/aromatic N) is 1. The molecule has 0 aliphatic heterocycles. The Morgan fingerprint density at radius 3 is 3.06 bits per heavy atom. The van der Waals surface area contributed by atoms with Gasteiger partial charge in [0.2, 0.25) is 0 Å². The predicted molar refractivity (Wildman–Crippen MR) is 60.1 cm³/mol. The maximum absolute atomic E-state index is 11.2.